The van der Waals surface area contributed by atoms with Gasteiger partial charge in [0, 0.05) is 57.0 Å². The number of carbonyl (C=O) groups is 4. The molecule has 2 aromatic carbocycles. The molecule has 5 rings (SSSR count). The summed E-state index contributed by atoms with van der Waals surface area (Å²) in [6.45, 7) is 8.05. The van der Waals surface area contributed by atoms with Gasteiger partial charge in [-0.25, -0.2) is 0 Å². The van der Waals surface area contributed by atoms with Crippen LogP contribution in [-0.4, -0.2) is 78.1 Å². The third kappa shape index (κ3) is 16.8. The maximum atomic E-state index is 13.0. The molecule has 63 heavy (non-hydrogen) atoms. The molecular formula is C51H72O10S2. The van der Waals surface area contributed by atoms with Crippen molar-refractivity contribution >= 4 is 78.5 Å². The summed E-state index contributed by atoms with van der Waals surface area (Å²) in [4.78, 5) is 49.9. The highest BCUT2D eigenvalue weighted by Gasteiger charge is 2.39. The molecule has 348 valence electrons. The molecule has 0 bridgehead atoms. The number of benzene rings is 2. The van der Waals surface area contributed by atoms with Gasteiger partial charge >= 0.3 is 11.9 Å². The molecule has 4 atom stereocenters. The quantitative estimate of drug-likeness (QED) is 0.0419. The van der Waals surface area contributed by atoms with Crippen molar-refractivity contribution in [3.05, 3.63) is 81.6 Å². The van der Waals surface area contributed by atoms with Crippen molar-refractivity contribution in [2.75, 3.05) is 14.2 Å². The van der Waals surface area contributed by atoms with Gasteiger partial charge in [-0.1, -0.05) is 115 Å². The highest BCUT2D eigenvalue weighted by atomic mass is 32.1. The van der Waals surface area contributed by atoms with Crippen LogP contribution in [0.2, 0.25) is 0 Å². The Morgan fingerprint density at radius 1 is 0.698 bits per heavy atom. The number of esters is 2. The number of ether oxygens (including phenoxy) is 4. The summed E-state index contributed by atoms with van der Waals surface area (Å²) in [7, 11) is 2.72. The van der Waals surface area contributed by atoms with Crippen molar-refractivity contribution in [2.24, 2.45) is 0 Å². The van der Waals surface area contributed by atoms with Gasteiger partial charge in [-0.3, -0.25) is 19.2 Å². The molecule has 0 spiro atoms. The van der Waals surface area contributed by atoms with Crippen LogP contribution in [0.25, 0.3) is 32.3 Å². The van der Waals surface area contributed by atoms with E-state index in [1.807, 2.05) is 62.4 Å². The molecule has 2 N–H and O–H groups in total. The summed E-state index contributed by atoms with van der Waals surface area (Å²) < 4.78 is 23.7. The maximum Gasteiger partial charge on any atom is 0.305 e. The number of aliphatic hydroxyl groups is 2. The number of hydrogen-bond donors (Lipinski definition) is 2. The summed E-state index contributed by atoms with van der Waals surface area (Å²) in [6.07, 6.45) is 14.6. The Labute approximate surface area is 383 Å². The second-order valence-electron chi connectivity index (χ2n) is 15.8. The molecule has 3 heterocycles. The van der Waals surface area contributed by atoms with E-state index in [4.69, 9.17) is 14.2 Å². The number of carbonyl (C=O) groups excluding carboxylic acids is 4. The van der Waals surface area contributed by atoms with Gasteiger partial charge in [0.1, 0.15) is 6.10 Å². The Kier molecular flexibility index (Phi) is 24.5. The fourth-order valence-electron chi connectivity index (χ4n) is 7.22. The smallest absolute Gasteiger partial charge is 0.305 e. The first-order valence-electron chi connectivity index (χ1n) is 21.6. The summed E-state index contributed by atoms with van der Waals surface area (Å²) in [5.74, 6) is -0.921. The number of hydrogen-bond acceptors (Lipinski definition) is 12. The number of methoxy groups -OCH3 is 2. The van der Waals surface area contributed by atoms with Crippen molar-refractivity contribution in [2.45, 2.75) is 163 Å². The van der Waals surface area contributed by atoms with Crippen LogP contribution in [-0.2, 0) is 28.5 Å². The van der Waals surface area contributed by atoms with Crippen molar-refractivity contribution < 1.29 is 48.3 Å². The minimum absolute atomic E-state index is 0. The van der Waals surface area contributed by atoms with Crippen molar-refractivity contribution in [3.8, 4) is 0 Å². The molecule has 0 radical (unpaired) electrons. The molecule has 2 aromatic heterocycles. The minimum atomic E-state index is -1.07. The molecule has 1 fully saturated rings. The Bertz CT molecular complexity index is 2090. The van der Waals surface area contributed by atoms with Crippen LogP contribution >= 0.6 is 22.7 Å². The molecule has 0 aliphatic carbocycles. The van der Waals surface area contributed by atoms with Gasteiger partial charge in [-0.2, -0.15) is 0 Å². The summed E-state index contributed by atoms with van der Waals surface area (Å²) in [6, 6.07) is 16.0. The average Bonchev–Trinajstić information content (AvgIpc) is 3.91. The molecule has 0 unspecified atom stereocenters. The zero-order valence-corrected chi connectivity index (χ0v) is 38.2. The lowest BCUT2D eigenvalue weighted by molar-refractivity contribution is -0.144. The number of unbranched alkanes of at least 4 members (excludes halogenated alkanes) is 4. The van der Waals surface area contributed by atoms with Crippen LogP contribution < -0.4 is 0 Å². The van der Waals surface area contributed by atoms with E-state index in [2.05, 4.69) is 30.7 Å². The fourth-order valence-corrected chi connectivity index (χ4v) is 9.53. The Morgan fingerprint density at radius 3 is 1.70 bits per heavy atom. The third-order valence-electron chi connectivity index (χ3n) is 10.5. The molecule has 1 aliphatic heterocycles. The van der Waals surface area contributed by atoms with Crippen LogP contribution in [0.3, 0.4) is 0 Å². The number of thiophene rings is 2. The van der Waals surface area contributed by atoms with Gasteiger partial charge < -0.3 is 29.2 Å². The highest BCUT2D eigenvalue weighted by molar-refractivity contribution is 7.21. The van der Waals surface area contributed by atoms with E-state index in [0.29, 0.717) is 43.4 Å². The summed E-state index contributed by atoms with van der Waals surface area (Å²) >= 11 is 3.04. The topological polar surface area (TPSA) is 146 Å². The Balaban J connectivity index is 0.000000422. The SMILES string of the molecule is C.C.CCCCCC(=O)c1sc2ccccc2c1/C=C/[C@@H](O)[C@@H](O)CCCC(=O)OC.CCCCCC(=O)c1sc2ccccc2c1/C=C/[C@H]1OC(C)(C)O[C@H]1CCCC(=O)OC. The third-order valence-corrected chi connectivity index (χ3v) is 13.0. The molecule has 1 saturated heterocycles. The van der Waals surface area contributed by atoms with Gasteiger partial charge in [-0.15, -0.1) is 22.7 Å². The minimum Gasteiger partial charge on any atom is -0.469 e. The first-order chi connectivity index (χ1) is 29.3. The number of fused-ring (bicyclic) bond motifs is 2. The normalized spacial score (nSPS) is 16.6. The summed E-state index contributed by atoms with van der Waals surface area (Å²) in [5.41, 5.74) is 1.77. The Hall–Kier alpha value is -4.04. The van der Waals surface area contributed by atoms with Crippen LogP contribution in [0, 0.1) is 0 Å². The molecule has 10 nitrogen and oxygen atoms in total. The van der Waals surface area contributed by atoms with Crippen molar-refractivity contribution in [3.63, 3.8) is 0 Å². The summed E-state index contributed by atoms with van der Waals surface area (Å²) in [5, 5.41) is 22.5. The van der Waals surface area contributed by atoms with Crippen LogP contribution in [0.15, 0.2) is 60.7 Å². The van der Waals surface area contributed by atoms with E-state index in [1.165, 1.54) is 31.6 Å². The van der Waals surface area contributed by atoms with E-state index in [0.717, 1.165) is 74.7 Å². The molecule has 12 heteroatoms. The Morgan fingerprint density at radius 2 is 1.19 bits per heavy atom. The fraction of sp³-hybridized carbons (Fsp3) is 0.529. The van der Waals surface area contributed by atoms with Crippen molar-refractivity contribution in [1.82, 2.24) is 0 Å². The average molecular weight is 909 g/mol. The zero-order valence-electron chi connectivity index (χ0n) is 36.6. The van der Waals surface area contributed by atoms with Crippen molar-refractivity contribution in [1.29, 1.82) is 0 Å². The van der Waals surface area contributed by atoms with Gasteiger partial charge in [0.25, 0.3) is 0 Å². The molecule has 0 saturated carbocycles. The first-order valence-corrected chi connectivity index (χ1v) is 23.3. The van der Waals surface area contributed by atoms with E-state index in [-0.39, 0.29) is 63.4 Å². The van der Waals surface area contributed by atoms with Crippen LogP contribution in [0.1, 0.15) is 163 Å². The molecule has 1 aliphatic rings. The molecular weight excluding hydrogens is 837 g/mol. The molecule has 4 aromatic rings. The molecule has 0 amide bonds. The van der Waals surface area contributed by atoms with Gasteiger partial charge in [-0.05, 0) is 64.5 Å². The monoisotopic (exact) mass is 908 g/mol. The predicted octanol–water partition coefficient (Wildman–Crippen LogP) is 12.6. The second kappa shape index (κ2) is 28.0. The predicted molar refractivity (Wildman–Crippen MR) is 260 cm³/mol. The number of ketones is 2. The standard InChI is InChI=1S/C26H34O5S.C23H30O5S.2CH4/c1-5-6-7-12-20(27)25-19(18-11-8-9-14-23(18)32-25)16-17-22-21(30-26(2,3)31-22)13-10-15-24(28)29-4;1-3-4-5-10-20(26)23-17(16-9-6-7-12-21(16)29-23)14-15-19(25)18(24)11-8-13-22(27)28-2;;/h8-9,11,14,16-17,21-22H,5-7,10,12-13,15H2,1-4H3;6-7,9,12,14-15,18-19,24-25H,3-5,8,10-11,13H2,1-2H3;2*1H4/b17-16+;15-14+;;/t21-,22+;18-,19+;;/m00../s1. The second-order valence-corrected chi connectivity index (χ2v) is 17.9. The number of Topliss-reactive ketones (excluding diaryl/α,β-unsaturated/α-hetero) is 2. The number of rotatable bonds is 23. The van der Waals surface area contributed by atoms with E-state index in [9.17, 15) is 29.4 Å². The van der Waals surface area contributed by atoms with E-state index < -0.39 is 18.0 Å². The van der Waals surface area contributed by atoms with Gasteiger partial charge in [0.2, 0.25) is 0 Å². The largest absolute Gasteiger partial charge is 0.469 e. The highest BCUT2D eigenvalue weighted by Crippen LogP contribution is 2.37. The lowest BCUT2D eigenvalue weighted by Gasteiger charge is -2.16. The maximum absolute atomic E-state index is 13.0. The van der Waals surface area contributed by atoms with E-state index >= 15 is 0 Å². The lowest BCUT2D eigenvalue weighted by Crippen LogP contribution is -2.23. The van der Waals surface area contributed by atoms with Crippen LogP contribution in [0.4, 0.5) is 0 Å². The first kappa shape index (κ1) is 55.1. The van der Waals surface area contributed by atoms with Crippen LogP contribution in [0.5, 0.6) is 0 Å². The van der Waals surface area contributed by atoms with Gasteiger partial charge in [0.05, 0.1) is 42.3 Å². The van der Waals surface area contributed by atoms with Gasteiger partial charge in [0.15, 0.2) is 17.4 Å². The number of aliphatic hydroxyl groups excluding tert-OH is 2. The van der Waals surface area contributed by atoms with E-state index in [1.54, 1.807) is 17.4 Å². The zero-order chi connectivity index (χ0) is 44.4. The lowest BCUT2D eigenvalue weighted by atomic mass is 10.0.